The van der Waals surface area contributed by atoms with Crippen molar-refractivity contribution < 1.29 is 13.3 Å². The van der Waals surface area contributed by atoms with Gasteiger partial charge in [0.2, 0.25) is 0 Å². The van der Waals surface area contributed by atoms with E-state index >= 15 is 0 Å². The summed E-state index contributed by atoms with van der Waals surface area (Å²) < 4.78 is 19.5. The summed E-state index contributed by atoms with van der Waals surface area (Å²) in [7, 11) is 0. The van der Waals surface area contributed by atoms with E-state index < -0.39 is 0 Å². The molecule has 2 unspecified atom stereocenters. The molecule has 10 aromatic rings. The SMILES string of the molecule is C1=CC2Cc3c(oc4cc5cc(N(c6ccccc6)c6ccc7c(c6)oc6ccccc67)ccc5cc34)C=C2C=C1N(c1ccccc1)C1C=Cc2c(oc3ccccc23)C1. The number of fused-ring (bicyclic) bond motifs is 11. The van der Waals surface area contributed by atoms with E-state index in [0.29, 0.717) is 0 Å². The molecule has 2 atom stereocenters. The predicted molar refractivity (Wildman–Crippen MR) is 250 cm³/mol. The lowest BCUT2D eigenvalue weighted by Gasteiger charge is -2.36. The molecular weight excluding hydrogens is 749 g/mol. The van der Waals surface area contributed by atoms with E-state index in [1.165, 1.54) is 32.9 Å². The van der Waals surface area contributed by atoms with Gasteiger partial charge in [0.15, 0.2) is 0 Å². The number of nitrogens with zero attached hydrogens (tertiary/aromatic N) is 2. The zero-order valence-electron chi connectivity index (χ0n) is 33.2. The predicted octanol–water partition coefficient (Wildman–Crippen LogP) is 14.9. The molecule has 0 saturated heterocycles. The van der Waals surface area contributed by atoms with Gasteiger partial charge in [-0.25, -0.2) is 0 Å². The molecule has 61 heavy (non-hydrogen) atoms. The third-order valence-electron chi connectivity index (χ3n) is 12.9. The molecule has 3 aliphatic carbocycles. The van der Waals surface area contributed by atoms with Crippen LogP contribution in [0.1, 0.15) is 22.6 Å². The summed E-state index contributed by atoms with van der Waals surface area (Å²) in [6.45, 7) is 0. The lowest BCUT2D eigenvalue weighted by molar-refractivity contribution is 0.527. The molecule has 3 aliphatic rings. The first-order valence-electron chi connectivity index (χ1n) is 21.1. The van der Waals surface area contributed by atoms with Gasteiger partial charge in [-0.05, 0) is 114 Å². The standard InChI is InChI=1S/C56H38N2O3/c1-3-11-39(12-4-1)57(43-23-25-47-45-15-7-9-17-51(45)59-55(47)33-43)41-21-19-35-29-49-50-30-36-20-22-42(28-38(36)32-54(50)61-53(49)31-37(35)27-41)58(40-13-5-2-6-14-40)44-24-26-48-46-16-8-10-18-52(46)60-56(48)34-44/h1-29,31-33,36,44H,30,34H2. The maximum Gasteiger partial charge on any atom is 0.137 e. The van der Waals surface area contributed by atoms with Crippen LogP contribution in [0, 0.1) is 5.92 Å². The van der Waals surface area contributed by atoms with E-state index in [2.05, 4.69) is 186 Å². The molecule has 7 aromatic carbocycles. The van der Waals surface area contributed by atoms with Gasteiger partial charge in [-0.2, -0.15) is 0 Å². The van der Waals surface area contributed by atoms with Crippen molar-refractivity contribution >= 4 is 89.6 Å². The fourth-order valence-corrected chi connectivity index (χ4v) is 9.96. The Balaban J connectivity index is 0.863. The summed E-state index contributed by atoms with van der Waals surface area (Å²) in [5.41, 5.74) is 12.8. The minimum Gasteiger partial charge on any atom is -0.460 e. The smallest absolute Gasteiger partial charge is 0.137 e. The molecule has 0 fully saturated rings. The quantitative estimate of drug-likeness (QED) is 0.168. The van der Waals surface area contributed by atoms with E-state index in [9.17, 15) is 0 Å². The lowest BCUT2D eigenvalue weighted by Crippen LogP contribution is -2.36. The lowest BCUT2D eigenvalue weighted by atomic mass is 9.82. The molecule has 0 bridgehead atoms. The van der Waals surface area contributed by atoms with E-state index in [1.807, 2.05) is 18.2 Å². The summed E-state index contributed by atoms with van der Waals surface area (Å²) in [5, 5.41) is 6.91. The van der Waals surface area contributed by atoms with Gasteiger partial charge >= 0.3 is 0 Å². The molecule has 3 aromatic heterocycles. The number of anilines is 4. The molecule has 5 heteroatoms. The normalized spacial score (nSPS) is 16.8. The maximum absolute atomic E-state index is 6.77. The van der Waals surface area contributed by atoms with E-state index in [-0.39, 0.29) is 12.0 Å². The van der Waals surface area contributed by atoms with Crippen molar-refractivity contribution in [2.24, 2.45) is 5.92 Å². The highest BCUT2D eigenvalue weighted by molar-refractivity contribution is 6.06. The number of para-hydroxylation sites is 4. The van der Waals surface area contributed by atoms with Crippen LogP contribution in [0.2, 0.25) is 0 Å². The van der Waals surface area contributed by atoms with Crippen molar-refractivity contribution in [3.8, 4) is 0 Å². The Morgan fingerprint density at radius 1 is 0.459 bits per heavy atom. The van der Waals surface area contributed by atoms with Gasteiger partial charge < -0.3 is 23.1 Å². The zero-order valence-corrected chi connectivity index (χ0v) is 33.2. The first-order valence-corrected chi connectivity index (χ1v) is 21.1. The summed E-state index contributed by atoms with van der Waals surface area (Å²) >= 11 is 0. The van der Waals surface area contributed by atoms with Crippen LogP contribution in [0.25, 0.3) is 66.8 Å². The Morgan fingerprint density at radius 2 is 1.16 bits per heavy atom. The van der Waals surface area contributed by atoms with Crippen LogP contribution in [-0.4, -0.2) is 6.04 Å². The van der Waals surface area contributed by atoms with Crippen molar-refractivity contribution in [1.29, 1.82) is 0 Å². The second-order valence-corrected chi connectivity index (χ2v) is 16.4. The average molecular weight is 787 g/mol. The summed E-state index contributed by atoms with van der Waals surface area (Å²) in [6, 6.07) is 55.7. The maximum atomic E-state index is 6.77. The molecule has 0 saturated carbocycles. The van der Waals surface area contributed by atoms with Crippen molar-refractivity contribution in [3.63, 3.8) is 0 Å². The van der Waals surface area contributed by atoms with E-state index in [1.54, 1.807) is 0 Å². The van der Waals surface area contributed by atoms with Crippen LogP contribution in [0.3, 0.4) is 0 Å². The minimum atomic E-state index is 0.0946. The van der Waals surface area contributed by atoms with E-state index in [0.717, 1.165) is 91.3 Å². The zero-order chi connectivity index (χ0) is 40.0. The Bertz CT molecular complexity index is 3510. The molecule has 0 radical (unpaired) electrons. The van der Waals surface area contributed by atoms with Gasteiger partial charge in [-0.15, -0.1) is 0 Å². The minimum absolute atomic E-state index is 0.0946. The highest BCUT2D eigenvalue weighted by Crippen LogP contribution is 2.44. The van der Waals surface area contributed by atoms with Gasteiger partial charge in [0.25, 0.3) is 0 Å². The number of allylic oxidation sites excluding steroid dienone is 4. The molecule has 3 heterocycles. The molecular formula is C56H38N2O3. The van der Waals surface area contributed by atoms with Crippen molar-refractivity contribution in [2.75, 3.05) is 9.80 Å². The largest absolute Gasteiger partial charge is 0.460 e. The summed E-state index contributed by atoms with van der Waals surface area (Å²) in [5.74, 6) is 2.25. The van der Waals surface area contributed by atoms with Crippen LogP contribution in [0.5, 0.6) is 0 Å². The first-order chi connectivity index (χ1) is 30.2. The second kappa shape index (κ2) is 13.4. The van der Waals surface area contributed by atoms with Gasteiger partial charge in [-0.3, -0.25) is 0 Å². The number of hydrogen-bond acceptors (Lipinski definition) is 5. The Labute approximate surface area is 352 Å². The Hall–Kier alpha value is -7.76. The van der Waals surface area contributed by atoms with Crippen LogP contribution >= 0.6 is 0 Å². The molecule has 290 valence electrons. The molecule has 0 N–H and O–H groups in total. The fraction of sp³-hybridized carbons (Fsp3) is 0.0714. The average Bonchev–Trinajstić information content (AvgIpc) is 3.98. The van der Waals surface area contributed by atoms with Crippen LogP contribution in [0.15, 0.2) is 207 Å². The van der Waals surface area contributed by atoms with E-state index in [4.69, 9.17) is 13.3 Å². The molecule has 0 spiro atoms. The number of furan rings is 3. The molecule has 0 aliphatic heterocycles. The highest BCUT2D eigenvalue weighted by Gasteiger charge is 2.31. The number of hydrogen-bond donors (Lipinski definition) is 0. The summed E-state index contributed by atoms with van der Waals surface area (Å²) in [6.07, 6.45) is 15.6. The third kappa shape index (κ3) is 5.54. The first kappa shape index (κ1) is 34.1. The van der Waals surface area contributed by atoms with Gasteiger partial charge in [0, 0.05) is 79.5 Å². The van der Waals surface area contributed by atoms with Crippen LogP contribution in [0.4, 0.5) is 22.7 Å². The summed E-state index contributed by atoms with van der Waals surface area (Å²) in [4.78, 5) is 4.75. The fourth-order valence-electron chi connectivity index (χ4n) is 9.96. The topological polar surface area (TPSA) is 45.9 Å². The van der Waals surface area contributed by atoms with Crippen molar-refractivity contribution in [2.45, 2.75) is 18.9 Å². The monoisotopic (exact) mass is 786 g/mol. The Morgan fingerprint density at radius 3 is 2.02 bits per heavy atom. The highest BCUT2D eigenvalue weighted by atomic mass is 16.3. The van der Waals surface area contributed by atoms with Gasteiger partial charge in [0.05, 0.1) is 6.04 Å². The van der Waals surface area contributed by atoms with Crippen molar-refractivity contribution in [3.05, 3.63) is 216 Å². The third-order valence-corrected chi connectivity index (χ3v) is 12.9. The van der Waals surface area contributed by atoms with Crippen LogP contribution in [-0.2, 0) is 12.8 Å². The van der Waals surface area contributed by atoms with Gasteiger partial charge in [-0.1, -0.05) is 97.1 Å². The van der Waals surface area contributed by atoms with Crippen LogP contribution < -0.4 is 9.80 Å². The molecule has 0 amide bonds. The number of benzene rings is 7. The van der Waals surface area contributed by atoms with Crippen molar-refractivity contribution in [1.82, 2.24) is 0 Å². The Kier molecular flexibility index (Phi) is 7.49. The molecule has 13 rings (SSSR count). The second-order valence-electron chi connectivity index (χ2n) is 16.4. The number of rotatable bonds is 6. The molecule has 5 nitrogen and oxygen atoms in total. The van der Waals surface area contributed by atoms with Gasteiger partial charge in [0.1, 0.15) is 33.9 Å².